The lowest BCUT2D eigenvalue weighted by Crippen LogP contribution is -2.08. The van der Waals surface area contributed by atoms with Gasteiger partial charge in [0, 0.05) is 5.38 Å². The van der Waals surface area contributed by atoms with Crippen LogP contribution in [0.4, 0.5) is 0 Å². The van der Waals surface area contributed by atoms with Crippen LogP contribution in [0.25, 0.3) is 0 Å². The van der Waals surface area contributed by atoms with Crippen LogP contribution in [-0.4, -0.2) is 5.91 Å². The minimum Gasteiger partial charge on any atom is -0.366 e. The second-order valence-corrected chi connectivity index (χ2v) is 4.31. The molecule has 0 aromatic carbocycles. The zero-order valence-corrected chi connectivity index (χ0v) is 7.40. The van der Waals surface area contributed by atoms with Crippen LogP contribution in [0.2, 0.25) is 0 Å². The molecule has 0 radical (unpaired) electrons. The van der Waals surface area contributed by atoms with Crippen LogP contribution in [0, 0.1) is 2.88 Å². The van der Waals surface area contributed by atoms with Gasteiger partial charge in [0.2, 0.25) is 5.91 Å². The van der Waals surface area contributed by atoms with Gasteiger partial charge in [-0.2, -0.15) is 0 Å². The Kier molecular flexibility index (Phi) is 2.07. The SMILES string of the molecule is NC(=O)c1csc(I)c1. The predicted octanol–water partition coefficient (Wildman–Crippen LogP) is 1.45. The molecule has 0 aliphatic rings. The Morgan fingerprint density at radius 1 is 1.78 bits per heavy atom. The average Bonchev–Trinajstić information content (AvgIpc) is 2.14. The molecular formula is C5H4INOS. The Balaban J connectivity index is 2.98. The van der Waals surface area contributed by atoms with E-state index in [-0.39, 0.29) is 5.91 Å². The molecule has 2 N–H and O–H groups in total. The van der Waals surface area contributed by atoms with E-state index in [1.54, 1.807) is 11.4 Å². The molecular weight excluding hydrogens is 249 g/mol. The van der Waals surface area contributed by atoms with E-state index in [0.717, 1.165) is 2.88 Å². The third-order valence-electron chi connectivity index (χ3n) is 0.852. The molecule has 0 bridgehead atoms. The van der Waals surface area contributed by atoms with Crippen molar-refractivity contribution in [3.05, 3.63) is 19.9 Å². The summed E-state index contributed by atoms with van der Waals surface area (Å²) < 4.78 is 1.08. The lowest BCUT2D eigenvalue weighted by atomic mass is 10.3. The summed E-state index contributed by atoms with van der Waals surface area (Å²) in [6.07, 6.45) is 0. The van der Waals surface area contributed by atoms with E-state index in [0.29, 0.717) is 5.56 Å². The van der Waals surface area contributed by atoms with Crippen LogP contribution in [0.15, 0.2) is 11.4 Å². The van der Waals surface area contributed by atoms with Crippen molar-refractivity contribution >= 4 is 39.8 Å². The highest BCUT2D eigenvalue weighted by Gasteiger charge is 2.00. The van der Waals surface area contributed by atoms with Crippen LogP contribution in [0.5, 0.6) is 0 Å². The molecule has 0 atom stereocenters. The average molecular weight is 253 g/mol. The highest BCUT2D eigenvalue weighted by Crippen LogP contribution is 2.15. The number of carbonyl (C=O) groups excluding carboxylic acids is 1. The predicted molar refractivity (Wildman–Crippen MR) is 45.6 cm³/mol. The molecule has 1 rings (SSSR count). The Bertz CT molecular complexity index is 233. The summed E-state index contributed by atoms with van der Waals surface area (Å²) in [5.41, 5.74) is 5.59. The van der Waals surface area contributed by atoms with E-state index in [1.807, 2.05) is 0 Å². The number of halogens is 1. The zero-order chi connectivity index (χ0) is 6.85. The van der Waals surface area contributed by atoms with E-state index < -0.39 is 0 Å². The van der Waals surface area contributed by atoms with Crippen molar-refractivity contribution in [3.63, 3.8) is 0 Å². The van der Waals surface area contributed by atoms with Crippen LogP contribution < -0.4 is 5.73 Å². The van der Waals surface area contributed by atoms with E-state index in [2.05, 4.69) is 22.6 Å². The minimum absolute atomic E-state index is 0.353. The first-order valence-electron chi connectivity index (χ1n) is 2.24. The van der Waals surface area contributed by atoms with Gasteiger partial charge >= 0.3 is 0 Å². The van der Waals surface area contributed by atoms with E-state index >= 15 is 0 Å². The van der Waals surface area contributed by atoms with Crippen LogP contribution >= 0.6 is 33.9 Å². The molecule has 1 amide bonds. The number of hydrogen-bond donors (Lipinski definition) is 1. The van der Waals surface area contributed by atoms with Gasteiger partial charge in [-0.05, 0) is 28.7 Å². The molecule has 0 aliphatic carbocycles. The smallest absolute Gasteiger partial charge is 0.249 e. The fraction of sp³-hybridized carbons (Fsp3) is 0. The molecule has 1 heterocycles. The van der Waals surface area contributed by atoms with Gasteiger partial charge in [0.15, 0.2) is 0 Å². The van der Waals surface area contributed by atoms with Gasteiger partial charge < -0.3 is 5.73 Å². The Labute approximate surface area is 70.2 Å². The van der Waals surface area contributed by atoms with Crippen molar-refractivity contribution in [2.24, 2.45) is 5.73 Å². The summed E-state index contributed by atoms with van der Waals surface area (Å²) >= 11 is 3.66. The fourth-order valence-corrected chi connectivity index (χ4v) is 1.77. The first-order chi connectivity index (χ1) is 4.20. The van der Waals surface area contributed by atoms with E-state index in [1.165, 1.54) is 11.3 Å². The molecule has 0 spiro atoms. The first-order valence-corrected chi connectivity index (χ1v) is 4.20. The molecule has 0 fully saturated rings. The molecule has 0 unspecified atom stereocenters. The summed E-state index contributed by atoms with van der Waals surface area (Å²) in [7, 11) is 0. The van der Waals surface area contributed by atoms with Gasteiger partial charge in [0.25, 0.3) is 0 Å². The highest BCUT2D eigenvalue weighted by atomic mass is 127. The molecule has 0 aliphatic heterocycles. The monoisotopic (exact) mass is 253 g/mol. The topological polar surface area (TPSA) is 43.1 Å². The second kappa shape index (κ2) is 2.66. The fourth-order valence-electron chi connectivity index (χ4n) is 0.439. The quantitative estimate of drug-likeness (QED) is 0.756. The second-order valence-electron chi connectivity index (χ2n) is 1.50. The maximum atomic E-state index is 10.4. The normalized spacial score (nSPS) is 9.44. The highest BCUT2D eigenvalue weighted by molar-refractivity contribution is 14.1. The summed E-state index contributed by atoms with van der Waals surface area (Å²) in [5, 5.41) is 1.75. The van der Waals surface area contributed by atoms with Gasteiger partial charge in [-0.3, -0.25) is 4.79 Å². The standard InChI is InChI=1S/C5H4INOS/c6-4-1-3(2-9-4)5(7)8/h1-2H,(H2,7,8). The molecule has 48 valence electrons. The summed E-state index contributed by atoms with van der Waals surface area (Å²) in [5.74, 6) is -0.353. The third-order valence-corrected chi connectivity index (χ3v) is 2.64. The molecule has 0 saturated carbocycles. The van der Waals surface area contributed by atoms with Crippen LogP contribution in [0.3, 0.4) is 0 Å². The van der Waals surface area contributed by atoms with Gasteiger partial charge in [-0.15, -0.1) is 11.3 Å². The Hall–Kier alpha value is -0.100. The number of hydrogen-bond acceptors (Lipinski definition) is 2. The number of amides is 1. The number of rotatable bonds is 1. The van der Waals surface area contributed by atoms with Gasteiger partial charge in [-0.1, -0.05) is 0 Å². The van der Waals surface area contributed by atoms with E-state index in [9.17, 15) is 4.79 Å². The zero-order valence-electron chi connectivity index (χ0n) is 4.43. The molecule has 1 aromatic heterocycles. The molecule has 2 nitrogen and oxygen atoms in total. The van der Waals surface area contributed by atoms with Gasteiger partial charge in [-0.25, -0.2) is 0 Å². The van der Waals surface area contributed by atoms with Gasteiger partial charge in [0.05, 0.1) is 8.45 Å². The van der Waals surface area contributed by atoms with Crippen molar-refractivity contribution < 1.29 is 4.79 Å². The number of carbonyl (C=O) groups is 1. The summed E-state index contributed by atoms with van der Waals surface area (Å²) in [4.78, 5) is 10.4. The van der Waals surface area contributed by atoms with Crippen molar-refractivity contribution in [3.8, 4) is 0 Å². The molecule has 9 heavy (non-hydrogen) atoms. The maximum absolute atomic E-state index is 10.4. The van der Waals surface area contributed by atoms with Crippen molar-refractivity contribution in [1.29, 1.82) is 0 Å². The maximum Gasteiger partial charge on any atom is 0.249 e. The minimum atomic E-state index is -0.353. The largest absolute Gasteiger partial charge is 0.366 e. The number of primary amides is 1. The third kappa shape index (κ3) is 1.65. The number of nitrogens with two attached hydrogens (primary N) is 1. The Morgan fingerprint density at radius 2 is 2.44 bits per heavy atom. The van der Waals surface area contributed by atoms with Crippen LogP contribution in [0.1, 0.15) is 10.4 Å². The van der Waals surface area contributed by atoms with Crippen molar-refractivity contribution in [2.45, 2.75) is 0 Å². The van der Waals surface area contributed by atoms with Crippen LogP contribution in [-0.2, 0) is 0 Å². The van der Waals surface area contributed by atoms with Gasteiger partial charge in [0.1, 0.15) is 0 Å². The lowest BCUT2D eigenvalue weighted by molar-refractivity contribution is 0.100. The lowest BCUT2D eigenvalue weighted by Gasteiger charge is -1.81. The summed E-state index contributed by atoms with van der Waals surface area (Å²) in [6, 6.07) is 1.77. The number of thiophene rings is 1. The van der Waals surface area contributed by atoms with Crippen molar-refractivity contribution in [1.82, 2.24) is 0 Å². The van der Waals surface area contributed by atoms with E-state index in [4.69, 9.17) is 5.73 Å². The Morgan fingerprint density at radius 3 is 2.67 bits per heavy atom. The molecule has 4 heteroatoms. The summed E-state index contributed by atoms with van der Waals surface area (Å²) in [6.45, 7) is 0. The molecule has 1 aromatic rings. The first kappa shape index (κ1) is 7.01. The van der Waals surface area contributed by atoms with Crippen molar-refractivity contribution in [2.75, 3.05) is 0 Å². The molecule has 0 saturated heterocycles.